The third kappa shape index (κ3) is 5.26. The number of hydrogen-bond acceptors (Lipinski definition) is 7. The van der Waals surface area contributed by atoms with Crippen LogP contribution in [-0.2, 0) is 4.79 Å². The number of alkyl halides is 2. The maximum atomic E-state index is 15.3. The van der Waals surface area contributed by atoms with Crippen LogP contribution in [0.25, 0.3) is 11.3 Å². The number of anilines is 2. The average Bonchev–Trinajstić information content (AvgIpc) is 3.48. The molecule has 43 heavy (non-hydrogen) atoms. The van der Waals surface area contributed by atoms with Crippen molar-refractivity contribution < 1.29 is 31.9 Å². The molecule has 4 aromatic rings. The second-order valence-corrected chi connectivity index (χ2v) is 10.7. The molecule has 4 heterocycles. The Kier molecular flexibility index (Phi) is 7.24. The molecule has 222 valence electrons. The van der Waals surface area contributed by atoms with Crippen LogP contribution < -0.4 is 15.0 Å². The molecule has 3 aromatic heterocycles. The number of benzene rings is 1. The number of amides is 2. The van der Waals surface area contributed by atoms with Crippen LogP contribution in [0.3, 0.4) is 0 Å². The Morgan fingerprint density at radius 3 is 2.67 bits per heavy atom. The normalized spacial score (nSPS) is 18.1. The van der Waals surface area contributed by atoms with Gasteiger partial charge in [0, 0.05) is 30.4 Å². The van der Waals surface area contributed by atoms with E-state index in [9.17, 15) is 22.8 Å². The fraction of sp³-hybridized carbons (Fsp3) is 0.286. The van der Waals surface area contributed by atoms with Crippen molar-refractivity contribution in [3.63, 3.8) is 0 Å². The fourth-order valence-corrected chi connectivity index (χ4v) is 5.33. The molecular weight excluding hydrogens is 594 g/mol. The van der Waals surface area contributed by atoms with Crippen LogP contribution in [0.4, 0.5) is 29.1 Å². The number of ether oxygens (including phenoxy) is 1. The predicted octanol–water partition coefficient (Wildman–Crippen LogP) is 5.42. The maximum absolute atomic E-state index is 15.3. The minimum absolute atomic E-state index is 0.0213. The van der Waals surface area contributed by atoms with Gasteiger partial charge in [0.2, 0.25) is 5.91 Å². The van der Waals surface area contributed by atoms with Crippen LogP contribution in [-0.4, -0.2) is 49.7 Å². The summed E-state index contributed by atoms with van der Waals surface area (Å²) in [6, 6.07) is 1.62. The largest absolute Gasteiger partial charge is 0.434 e. The van der Waals surface area contributed by atoms with E-state index in [4.69, 9.17) is 11.6 Å². The molecule has 0 spiro atoms. The second-order valence-electron chi connectivity index (χ2n) is 10.3. The molecule has 1 aliphatic heterocycles. The number of pyridine rings is 1. The van der Waals surface area contributed by atoms with Gasteiger partial charge in [-0.2, -0.15) is 13.9 Å². The van der Waals surface area contributed by atoms with Gasteiger partial charge in [0.05, 0.1) is 46.6 Å². The Morgan fingerprint density at radius 2 is 1.95 bits per heavy atom. The van der Waals surface area contributed by atoms with Crippen molar-refractivity contribution in [3.8, 4) is 17.0 Å². The summed E-state index contributed by atoms with van der Waals surface area (Å²) in [5.74, 6) is -2.75. The topological polar surface area (TPSA) is 115 Å². The number of halogens is 5. The molecule has 2 aliphatic rings. The second kappa shape index (κ2) is 10.9. The summed E-state index contributed by atoms with van der Waals surface area (Å²) in [4.78, 5) is 39.0. The third-order valence-electron chi connectivity index (χ3n) is 7.57. The van der Waals surface area contributed by atoms with Gasteiger partial charge in [-0.05, 0) is 43.9 Å². The minimum Gasteiger partial charge on any atom is -0.434 e. The molecular formula is C28H22ClF4N7O3. The predicted molar refractivity (Wildman–Crippen MR) is 146 cm³/mol. The number of hydrogen-bond donors (Lipinski definition) is 1. The SMILES string of the molecule is Cc1c([C@@H](C)n2cc(NC(=O)c3cncc(-c4c(OC(F)F)ccc(Cl)c4F)n3)cn2)cnc(N2C[C@H]3C[C@H]3C2=O)c1F. The molecule has 0 unspecified atom stereocenters. The highest BCUT2D eigenvalue weighted by atomic mass is 35.5. The quantitative estimate of drug-likeness (QED) is 0.263. The van der Waals surface area contributed by atoms with Gasteiger partial charge < -0.3 is 10.1 Å². The zero-order chi connectivity index (χ0) is 30.6. The van der Waals surface area contributed by atoms with Crippen molar-refractivity contribution in [2.45, 2.75) is 32.9 Å². The Morgan fingerprint density at radius 1 is 1.16 bits per heavy atom. The van der Waals surface area contributed by atoms with E-state index in [2.05, 4.69) is 30.1 Å². The number of aromatic nitrogens is 5. The van der Waals surface area contributed by atoms with Gasteiger partial charge >= 0.3 is 6.61 Å². The lowest BCUT2D eigenvalue weighted by Gasteiger charge is -2.21. The summed E-state index contributed by atoms with van der Waals surface area (Å²) >= 11 is 5.83. The van der Waals surface area contributed by atoms with Crippen molar-refractivity contribution in [3.05, 3.63) is 76.6 Å². The Hall–Kier alpha value is -4.59. The Balaban J connectivity index is 1.20. The van der Waals surface area contributed by atoms with Crippen LogP contribution in [0.15, 0.2) is 43.1 Å². The lowest BCUT2D eigenvalue weighted by molar-refractivity contribution is -0.118. The molecule has 10 nitrogen and oxygen atoms in total. The van der Waals surface area contributed by atoms with Gasteiger partial charge in [-0.3, -0.25) is 24.2 Å². The fourth-order valence-electron chi connectivity index (χ4n) is 5.17. The van der Waals surface area contributed by atoms with Crippen molar-refractivity contribution in [2.24, 2.45) is 11.8 Å². The van der Waals surface area contributed by atoms with Gasteiger partial charge in [-0.1, -0.05) is 11.6 Å². The number of piperidine rings is 1. The lowest BCUT2D eigenvalue weighted by atomic mass is 10.0. The first-order valence-corrected chi connectivity index (χ1v) is 13.5. The summed E-state index contributed by atoms with van der Waals surface area (Å²) in [7, 11) is 0. The van der Waals surface area contributed by atoms with E-state index in [1.165, 1.54) is 28.2 Å². The summed E-state index contributed by atoms with van der Waals surface area (Å²) in [6.45, 7) is 0.597. The molecule has 6 rings (SSSR count). The summed E-state index contributed by atoms with van der Waals surface area (Å²) in [5, 5.41) is 6.49. The van der Waals surface area contributed by atoms with E-state index in [-0.39, 0.29) is 45.7 Å². The molecule has 0 radical (unpaired) electrons. The Bertz CT molecular complexity index is 1770. The number of nitrogens with zero attached hydrogens (tertiary/aromatic N) is 6. The van der Waals surface area contributed by atoms with Crippen molar-refractivity contribution >= 4 is 34.9 Å². The summed E-state index contributed by atoms with van der Waals surface area (Å²) in [6.07, 6.45) is 7.41. The molecule has 2 fully saturated rings. The molecule has 1 saturated heterocycles. The summed E-state index contributed by atoms with van der Waals surface area (Å²) in [5.41, 5.74) is 0.112. The standard InChI is InChI=1S/C28H22ClF4N7O3/c1-12-17(7-35-25(23(12)30)39-10-14-5-16(14)27(39)42)13(2)40-11-15(6-36-40)37-26(41)20-9-34-8-19(38-20)22-21(43-28(32)33)4-3-18(29)24(22)31/h3-4,6-9,11,13-14,16,28H,5,10H2,1-2H3,(H,37,41)/t13-,14-,16-/m1/s1. The van der Waals surface area contributed by atoms with Gasteiger partial charge in [0.15, 0.2) is 17.5 Å². The van der Waals surface area contributed by atoms with E-state index in [1.54, 1.807) is 13.8 Å². The number of nitrogens with one attached hydrogen (secondary N) is 1. The molecule has 1 N–H and O–H groups in total. The molecule has 3 atom stereocenters. The molecule has 2 amide bonds. The van der Waals surface area contributed by atoms with Gasteiger partial charge in [0.25, 0.3) is 5.91 Å². The highest BCUT2D eigenvalue weighted by molar-refractivity contribution is 6.31. The molecule has 1 aliphatic carbocycles. The first kappa shape index (κ1) is 28.5. The number of fused-ring (bicyclic) bond motifs is 1. The molecule has 15 heteroatoms. The first-order valence-electron chi connectivity index (χ1n) is 13.1. The zero-order valence-corrected chi connectivity index (χ0v) is 23.3. The lowest BCUT2D eigenvalue weighted by Crippen LogP contribution is -2.30. The van der Waals surface area contributed by atoms with Gasteiger partial charge in [0.1, 0.15) is 11.4 Å². The van der Waals surface area contributed by atoms with Crippen molar-refractivity contribution in [1.29, 1.82) is 0 Å². The maximum Gasteiger partial charge on any atom is 0.387 e. The van der Waals surface area contributed by atoms with Crippen LogP contribution >= 0.6 is 11.6 Å². The number of carbonyl (C=O) groups is 2. The third-order valence-corrected chi connectivity index (χ3v) is 7.86. The molecule has 0 bridgehead atoms. The van der Waals surface area contributed by atoms with E-state index in [1.807, 2.05) is 0 Å². The monoisotopic (exact) mass is 615 g/mol. The molecule has 1 saturated carbocycles. The summed E-state index contributed by atoms with van der Waals surface area (Å²) < 4.78 is 61.8. The van der Waals surface area contributed by atoms with Crippen LogP contribution in [0.5, 0.6) is 5.75 Å². The number of rotatable bonds is 8. The van der Waals surface area contributed by atoms with E-state index in [0.29, 0.717) is 17.7 Å². The van der Waals surface area contributed by atoms with E-state index < -0.39 is 41.5 Å². The molecule has 1 aromatic carbocycles. The van der Waals surface area contributed by atoms with Gasteiger partial charge in [-0.15, -0.1) is 0 Å². The smallest absolute Gasteiger partial charge is 0.387 e. The van der Waals surface area contributed by atoms with Gasteiger partial charge in [-0.25, -0.2) is 18.7 Å². The minimum atomic E-state index is -3.24. The average molecular weight is 616 g/mol. The zero-order valence-electron chi connectivity index (χ0n) is 22.6. The number of carbonyl (C=O) groups excluding carboxylic acids is 2. The van der Waals surface area contributed by atoms with Crippen LogP contribution in [0.1, 0.15) is 41.0 Å². The van der Waals surface area contributed by atoms with Crippen molar-refractivity contribution in [2.75, 3.05) is 16.8 Å². The highest BCUT2D eigenvalue weighted by Gasteiger charge is 2.53. The van der Waals surface area contributed by atoms with E-state index >= 15 is 4.39 Å². The Labute approximate surface area is 246 Å². The van der Waals surface area contributed by atoms with Crippen LogP contribution in [0.2, 0.25) is 5.02 Å². The van der Waals surface area contributed by atoms with E-state index in [0.717, 1.165) is 30.9 Å². The van der Waals surface area contributed by atoms with Crippen LogP contribution in [0, 0.1) is 30.4 Å². The highest BCUT2D eigenvalue weighted by Crippen LogP contribution is 2.47. The van der Waals surface area contributed by atoms with Crippen molar-refractivity contribution in [1.82, 2.24) is 24.7 Å². The first-order chi connectivity index (χ1) is 20.5.